The van der Waals surface area contributed by atoms with Gasteiger partial charge in [0.25, 0.3) is 11.7 Å². The lowest BCUT2D eigenvalue weighted by Crippen LogP contribution is -2.32. The van der Waals surface area contributed by atoms with Gasteiger partial charge in [-0.3, -0.25) is 9.59 Å². The summed E-state index contributed by atoms with van der Waals surface area (Å²) in [7, 11) is 3.05. The highest BCUT2D eigenvalue weighted by atomic mass is 16.5. The van der Waals surface area contributed by atoms with Crippen molar-refractivity contribution in [3.05, 3.63) is 65.2 Å². The molecule has 1 saturated heterocycles. The topological polar surface area (TPSA) is 85.3 Å². The maximum Gasteiger partial charge on any atom is 0.295 e. The van der Waals surface area contributed by atoms with Crippen molar-refractivity contribution in [2.24, 2.45) is 0 Å². The molecular weight excluding hydrogens is 398 g/mol. The minimum Gasteiger partial charge on any atom is -0.507 e. The van der Waals surface area contributed by atoms with Gasteiger partial charge in [0.15, 0.2) is 0 Å². The Morgan fingerprint density at radius 3 is 2.48 bits per heavy atom. The molecule has 0 saturated carbocycles. The summed E-state index contributed by atoms with van der Waals surface area (Å²) in [5, 5.41) is 11.1. The molecule has 1 amide bonds. The van der Waals surface area contributed by atoms with Crippen LogP contribution in [0.2, 0.25) is 0 Å². The largest absolute Gasteiger partial charge is 0.507 e. The number of rotatable bonds is 9. The number of ether oxygens (including phenoxy) is 3. The quantitative estimate of drug-likeness (QED) is 0.376. The number of benzene rings is 2. The predicted octanol–water partition coefficient (Wildman–Crippen LogP) is 3.55. The number of carbonyl (C=O) groups excluding carboxylic acids is 2. The fourth-order valence-electron chi connectivity index (χ4n) is 3.57. The third kappa shape index (κ3) is 4.72. The summed E-state index contributed by atoms with van der Waals surface area (Å²) < 4.78 is 16.1. The third-order valence-corrected chi connectivity index (χ3v) is 5.07. The molecule has 31 heavy (non-hydrogen) atoms. The molecule has 0 aliphatic carbocycles. The van der Waals surface area contributed by atoms with Gasteiger partial charge in [-0.1, -0.05) is 31.2 Å². The van der Waals surface area contributed by atoms with Crippen LogP contribution in [-0.4, -0.2) is 55.7 Å². The maximum atomic E-state index is 13.0. The number of nitrogens with zero attached hydrogens (tertiary/aromatic N) is 1. The highest BCUT2D eigenvalue weighted by Gasteiger charge is 2.46. The number of hydrogen-bond acceptors (Lipinski definition) is 6. The molecule has 0 spiro atoms. The van der Waals surface area contributed by atoms with Crippen LogP contribution in [0.4, 0.5) is 0 Å². The Bertz CT molecular complexity index is 984. The average Bonchev–Trinajstić information content (AvgIpc) is 3.05. The van der Waals surface area contributed by atoms with Crippen LogP contribution in [0.3, 0.4) is 0 Å². The van der Waals surface area contributed by atoms with Gasteiger partial charge in [-0.25, -0.2) is 0 Å². The highest BCUT2D eigenvalue weighted by molar-refractivity contribution is 6.46. The number of aliphatic hydroxyl groups excluding tert-OH is 1. The van der Waals surface area contributed by atoms with Gasteiger partial charge < -0.3 is 24.2 Å². The zero-order valence-corrected chi connectivity index (χ0v) is 18.0. The van der Waals surface area contributed by atoms with Gasteiger partial charge in [0.05, 0.1) is 31.9 Å². The van der Waals surface area contributed by atoms with E-state index in [4.69, 9.17) is 14.2 Å². The molecule has 1 aliphatic rings. The van der Waals surface area contributed by atoms with Crippen LogP contribution in [0.1, 0.15) is 30.5 Å². The van der Waals surface area contributed by atoms with Gasteiger partial charge in [0.2, 0.25) is 0 Å². The minimum absolute atomic E-state index is 0.0296. The summed E-state index contributed by atoms with van der Waals surface area (Å²) >= 11 is 0. The van der Waals surface area contributed by atoms with E-state index in [2.05, 4.69) is 0 Å². The van der Waals surface area contributed by atoms with E-state index in [0.29, 0.717) is 29.2 Å². The van der Waals surface area contributed by atoms with Crippen molar-refractivity contribution in [3.8, 4) is 11.5 Å². The summed E-state index contributed by atoms with van der Waals surface area (Å²) in [5.74, 6) is -0.489. The van der Waals surface area contributed by atoms with Crippen molar-refractivity contribution in [2.45, 2.75) is 19.4 Å². The molecule has 3 rings (SSSR count). The number of hydrogen-bond donors (Lipinski definition) is 1. The number of amides is 1. The van der Waals surface area contributed by atoms with E-state index in [-0.39, 0.29) is 24.5 Å². The molecule has 164 valence electrons. The minimum atomic E-state index is -0.758. The zero-order chi connectivity index (χ0) is 22.4. The van der Waals surface area contributed by atoms with Gasteiger partial charge in [-0.15, -0.1) is 0 Å². The van der Waals surface area contributed by atoms with Crippen LogP contribution < -0.4 is 9.47 Å². The van der Waals surface area contributed by atoms with Crippen LogP contribution in [0.25, 0.3) is 5.76 Å². The molecule has 0 bridgehead atoms. The molecule has 0 radical (unpaired) electrons. The molecule has 1 N–H and O–H groups in total. The van der Waals surface area contributed by atoms with Crippen molar-refractivity contribution in [1.82, 2.24) is 4.90 Å². The van der Waals surface area contributed by atoms with Crippen molar-refractivity contribution in [1.29, 1.82) is 0 Å². The second kappa shape index (κ2) is 10.1. The SMILES string of the molecule is CCCOc1cccc(C2/C(=C(/O)c3cccc(OC)c3)C(=O)C(=O)N2CCOC)c1. The van der Waals surface area contributed by atoms with E-state index in [1.807, 2.05) is 25.1 Å². The molecule has 2 aromatic rings. The van der Waals surface area contributed by atoms with Gasteiger partial charge in [-0.2, -0.15) is 0 Å². The van der Waals surface area contributed by atoms with Crippen molar-refractivity contribution >= 4 is 17.4 Å². The molecule has 1 fully saturated rings. The van der Waals surface area contributed by atoms with Gasteiger partial charge in [0.1, 0.15) is 17.3 Å². The first-order chi connectivity index (χ1) is 15.0. The molecule has 1 heterocycles. The van der Waals surface area contributed by atoms with E-state index in [1.54, 1.807) is 30.3 Å². The Balaban J connectivity index is 2.13. The Kier molecular flexibility index (Phi) is 7.31. The fraction of sp³-hybridized carbons (Fsp3) is 0.333. The number of likely N-dealkylation sites (tertiary alicyclic amines) is 1. The van der Waals surface area contributed by atoms with Crippen LogP contribution in [0, 0.1) is 0 Å². The van der Waals surface area contributed by atoms with E-state index in [1.165, 1.54) is 19.1 Å². The Morgan fingerprint density at radius 2 is 1.77 bits per heavy atom. The van der Waals surface area contributed by atoms with Crippen LogP contribution in [0.15, 0.2) is 54.1 Å². The third-order valence-electron chi connectivity index (χ3n) is 5.07. The standard InChI is InChI=1S/C24H27NO6/c1-4-12-31-19-10-5-7-16(14-19)21-20(23(27)24(28)25(21)11-13-29-2)22(26)17-8-6-9-18(15-17)30-3/h5-10,14-15,21,26H,4,11-13H2,1-3H3/b22-20-. The van der Waals surface area contributed by atoms with E-state index in [9.17, 15) is 14.7 Å². The van der Waals surface area contributed by atoms with E-state index < -0.39 is 17.7 Å². The van der Waals surface area contributed by atoms with Gasteiger partial charge >= 0.3 is 0 Å². The fourth-order valence-corrected chi connectivity index (χ4v) is 3.57. The normalized spacial score (nSPS) is 17.8. The zero-order valence-electron chi connectivity index (χ0n) is 18.0. The number of Topliss-reactive ketones (excluding diaryl/α,β-unsaturated/α-hetero) is 1. The van der Waals surface area contributed by atoms with E-state index >= 15 is 0 Å². The smallest absolute Gasteiger partial charge is 0.295 e. The second-order valence-corrected chi connectivity index (χ2v) is 7.14. The van der Waals surface area contributed by atoms with Crippen molar-refractivity contribution < 1.29 is 28.9 Å². The van der Waals surface area contributed by atoms with Crippen LogP contribution in [0.5, 0.6) is 11.5 Å². The van der Waals surface area contributed by atoms with Gasteiger partial charge in [-0.05, 0) is 36.2 Å². The summed E-state index contributed by atoms with van der Waals surface area (Å²) in [6.07, 6.45) is 0.854. The van der Waals surface area contributed by atoms with Crippen molar-refractivity contribution in [3.63, 3.8) is 0 Å². The molecule has 1 atom stereocenters. The summed E-state index contributed by atoms with van der Waals surface area (Å²) in [6, 6.07) is 13.2. The Hall–Kier alpha value is -3.32. The van der Waals surface area contributed by atoms with E-state index in [0.717, 1.165) is 6.42 Å². The highest BCUT2D eigenvalue weighted by Crippen LogP contribution is 2.40. The van der Waals surface area contributed by atoms with Crippen LogP contribution >= 0.6 is 0 Å². The second-order valence-electron chi connectivity index (χ2n) is 7.14. The molecule has 7 heteroatoms. The molecule has 7 nitrogen and oxygen atoms in total. The van der Waals surface area contributed by atoms with Gasteiger partial charge in [0, 0.05) is 19.2 Å². The summed E-state index contributed by atoms with van der Waals surface area (Å²) in [4.78, 5) is 27.2. The molecular formula is C24H27NO6. The first kappa shape index (κ1) is 22.4. The lowest BCUT2D eigenvalue weighted by atomic mass is 9.95. The number of aliphatic hydroxyl groups is 1. The molecule has 1 aliphatic heterocycles. The summed E-state index contributed by atoms with van der Waals surface area (Å²) in [5.41, 5.74) is 1.10. The Labute approximate surface area is 181 Å². The molecule has 2 aromatic carbocycles. The summed E-state index contributed by atoms with van der Waals surface area (Å²) in [6.45, 7) is 3.03. The maximum absolute atomic E-state index is 13.0. The molecule has 0 aromatic heterocycles. The number of ketones is 1. The van der Waals surface area contributed by atoms with Crippen molar-refractivity contribution in [2.75, 3.05) is 34.0 Å². The number of methoxy groups -OCH3 is 2. The monoisotopic (exact) mass is 425 g/mol. The average molecular weight is 425 g/mol. The molecule has 1 unspecified atom stereocenters. The lowest BCUT2D eigenvalue weighted by Gasteiger charge is -2.25. The van der Waals surface area contributed by atoms with Crippen LogP contribution in [-0.2, 0) is 14.3 Å². The Morgan fingerprint density at radius 1 is 1.03 bits per heavy atom. The first-order valence-corrected chi connectivity index (χ1v) is 10.2. The first-order valence-electron chi connectivity index (χ1n) is 10.2. The lowest BCUT2D eigenvalue weighted by molar-refractivity contribution is -0.140. The number of carbonyl (C=O) groups is 2. The predicted molar refractivity (Wildman–Crippen MR) is 116 cm³/mol.